The third-order valence-electron chi connectivity index (χ3n) is 4.68. The topological polar surface area (TPSA) is 41.5 Å². The van der Waals surface area contributed by atoms with Gasteiger partial charge in [0.1, 0.15) is 0 Å². The van der Waals surface area contributed by atoms with Gasteiger partial charge in [0.2, 0.25) is 0 Å². The summed E-state index contributed by atoms with van der Waals surface area (Å²) in [7, 11) is 0. The van der Waals surface area contributed by atoms with E-state index in [1.165, 1.54) is 51.4 Å². The monoisotopic (exact) mass is 281 g/mol. The number of hydrogen-bond donors (Lipinski definition) is 2. The fourth-order valence-corrected chi connectivity index (χ4v) is 3.65. The average Bonchev–Trinajstić information content (AvgIpc) is 2.52. The highest BCUT2D eigenvalue weighted by molar-refractivity contribution is 5.13. The SMILES string of the molecule is OCCOCCCNC1CCCCC1C1=CCCCC1. The van der Waals surface area contributed by atoms with Crippen LogP contribution in [0.1, 0.15) is 57.8 Å². The average molecular weight is 281 g/mol. The molecule has 0 spiro atoms. The highest BCUT2D eigenvalue weighted by atomic mass is 16.5. The molecule has 3 heteroatoms. The summed E-state index contributed by atoms with van der Waals surface area (Å²) in [5.74, 6) is 0.794. The largest absolute Gasteiger partial charge is 0.394 e. The quantitative estimate of drug-likeness (QED) is 0.531. The van der Waals surface area contributed by atoms with Gasteiger partial charge in [-0.15, -0.1) is 0 Å². The number of aliphatic hydroxyl groups is 1. The van der Waals surface area contributed by atoms with Crippen molar-refractivity contribution in [2.24, 2.45) is 5.92 Å². The van der Waals surface area contributed by atoms with Gasteiger partial charge in [-0.1, -0.05) is 24.5 Å². The van der Waals surface area contributed by atoms with Crippen molar-refractivity contribution < 1.29 is 9.84 Å². The van der Waals surface area contributed by atoms with Crippen molar-refractivity contribution in [2.45, 2.75) is 63.8 Å². The lowest BCUT2D eigenvalue weighted by atomic mass is 9.76. The van der Waals surface area contributed by atoms with Gasteiger partial charge in [-0.2, -0.15) is 0 Å². The number of ether oxygens (including phenoxy) is 1. The Morgan fingerprint density at radius 3 is 2.85 bits per heavy atom. The lowest BCUT2D eigenvalue weighted by Gasteiger charge is -2.35. The van der Waals surface area contributed by atoms with E-state index in [0.29, 0.717) is 12.6 Å². The molecule has 3 nitrogen and oxygen atoms in total. The van der Waals surface area contributed by atoms with Gasteiger partial charge in [0.25, 0.3) is 0 Å². The molecule has 2 rings (SSSR count). The smallest absolute Gasteiger partial charge is 0.0697 e. The highest BCUT2D eigenvalue weighted by Gasteiger charge is 2.27. The molecule has 1 saturated carbocycles. The van der Waals surface area contributed by atoms with E-state index in [9.17, 15) is 0 Å². The maximum absolute atomic E-state index is 8.66. The first-order chi connectivity index (χ1) is 9.92. The number of aliphatic hydroxyl groups excluding tert-OH is 1. The van der Waals surface area contributed by atoms with E-state index in [4.69, 9.17) is 9.84 Å². The Balaban J connectivity index is 1.71. The molecule has 116 valence electrons. The highest BCUT2D eigenvalue weighted by Crippen LogP contribution is 2.35. The van der Waals surface area contributed by atoms with Gasteiger partial charge in [-0.05, 0) is 57.4 Å². The van der Waals surface area contributed by atoms with Crippen LogP contribution in [0.25, 0.3) is 0 Å². The predicted molar refractivity (Wildman–Crippen MR) is 82.8 cm³/mol. The lowest BCUT2D eigenvalue weighted by molar-refractivity contribution is 0.0898. The Kier molecular flexibility index (Phi) is 7.63. The van der Waals surface area contributed by atoms with Crippen molar-refractivity contribution in [3.05, 3.63) is 11.6 Å². The van der Waals surface area contributed by atoms with Gasteiger partial charge in [-0.3, -0.25) is 0 Å². The van der Waals surface area contributed by atoms with Crippen molar-refractivity contribution in [3.8, 4) is 0 Å². The lowest BCUT2D eigenvalue weighted by Crippen LogP contribution is -2.40. The first-order valence-electron chi connectivity index (χ1n) is 8.52. The zero-order chi connectivity index (χ0) is 14.0. The summed E-state index contributed by atoms with van der Waals surface area (Å²) in [5, 5.41) is 12.4. The van der Waals surface area contributed by atoms with E-state index >= 15 is 0 Å². The molecule has 0 heterocycles. The molecule has 0 saturated heterocycles. The van der Waals surface area contributed by atoms with Crippen molar-refractivity contribution in [1.29, 1.82) is 0 Å². The van der Waals surface area contributed by atoms with Crippen LogP contribution in [0.5, 0.6) is 0 Å². The molecule has 0 aromatic heterocycles. The molecule has 0 amide bonds. The van der Waals surface area contributed by atoms with E-state index in [0.717, 1.165) is 25.5 Å². The zero-order valence-electron chi connectivity index (χ0n) is 12.8. The summed E-state index contributed by atoms with van der Waals surface area (Å²) in [4.78, 5) is 0. The third kappa shape index (κ3) is 5.19. The van der Waals surface area contributed by atoms with Crippen LogP contribution in [0.15, 0.2) is 11.6 Å². The number of hydrogen-bond acceptors (Lipinski definition) is 3. The van der Waals surface area contributed by atoms with E-state index in [1.807, 2.05) is 0 Å². The predicted octanol–water partition coefficient (Wildman–Crippen LogP) is 3.03. The second-order valence-electron chi connectivity index (χ2n) is 6.17. The van der Waals surface area contributed by atoms with Gasteiger partial charge < -0.3 is 15.2 Å². The molecule has 2 unspecified atom stereocenters. The zero-order valence-corrected chi connectivity index (χ0v) is 12.8. The molecule has 0 radical (unpaired) electrons. The Morgan fingerprint density at radius 1 is 1.15 bits per heavy atom. The van der Waals surface area contributed by atoms with Gasteiger partial charge >= 0.3 is 0 Å². The van der Waals surface area contributed by atoms with Crippen LogP contribution in [0, 0.1) is 5.92 Å². The molecule has 2 aliphatic rings. The molecule has 0 aromatic carbocycles. The van der Waals surface area contributed by atoms with E-state index in [1.54, 1.807) is 5.57 Å². The normalized spacial score (nSPS) is 27.4. The fourth-order valence-electron chi connectivity index (χ4n) is 3.65. The summed E-state index contributed by atoms with van der Waals surface area (Å²) in [6.45, 7) is 2.40. The second kappa shape index (κ2) is 9.54. The third-order valence-corrected chi connectivity index (χ3v) is 4.68. The summed E-state index contributed by atoms with van der Waals surface area (Å²) in [6, 6.07) is 0.686. The maximum atomic E-state index is 8.66. The Bertz CT molecular complexity index is 291. The molecule has 1 fully saturated rings. The first kappa shape index (κ1) is 16.0. The van der Waals surface area contributed by atoms with Crippen LogP contribution in [-0.2, 0) is 4.74 Å². The summed E-state index contributed by atoms with van der Waals surface area (Å²) < 4.78 is 5.31. The van der Waals surface area contributed by atoms with Crippen LogP contribution >= 0.6 is 0 Å². The molecule has 0 aliphatic heterocycles. The minimum Gasteiger partial charge on any atom is -0.394 e. The van der Waals surface area contributed by atoms with Crippen LogP contribution < -0.4 is 5.32 Å². The molecule has 0 bridgehead atoms. The van der Waals surface area contributed by atoms with E-state index in [-0.39, 0.29) is 6.61 Å². The minimum atomic E-state index is 0.131. The Morgan fingerprint density at radius 2 is 2.05 bits per heavy atom. The van der Waals surface area contributed by atoms with E-state index < -0.39 is 0 Å². The molecule has 20 heavy (non-hydrogen) atoms. The van der Waals surface area contributed by atoms with Crippen LogP contribution in [0.4, 0.5) is 0 Å². The van der Waals surface area contributed by atoms with Crippen LogP contribution in [0.3, 0.4) is 0 Å². The molecule has 2 aliphatic carbocycles. The van der Waals surface area contributed by atoms with Crippen molar-refractivity contribution >= 4 is 0 Å². The maximum Gasteiger partial charge on any atom is 0.0697 e. The fraction of sp³-hybridized carbons (Fsp3) is 0.882. The molecule has 0 aromatic rings. The van der Waals surface area contributed by atoms with Gasteiger partial charge in [-0.25, -0.2) is 0 Å². The Labute approximate surface area is 123 Å². The van der Waals surface area contributed by atoms with Crippen LogP contribution in [0.2, 0.25) is 0 Å². The van der Waals surface area contributed by atoms with Crippen molar-refractivity contribution in [2.75, 3.05) is 26.4 Å². The van der Waals surface area contributed by atoms with Crippen molar-refractivity contribution in [3.63, 3.8) is 0 Å². The summed E-state index contributed by atoms with van der Waals surface area (Å²) >= 11 is 0. The van der Waals surface area contributed by atoms with E-state index in [2.05, 4.69) is 11.4 Å². The minimum absolute atomic E-state index is 0.131. The van der Waals surface area contributed by atoms with Crippen LogP contribution in [-0.4, -0.2) is 37.5 Å². The van der Waals surface area contributed by atoms with Crippen molar-refractivity contribution in [1.82, 2.24) is 5.32 Å². The molecule has 2 N–H and O–H groups in total. The molecular formula is C17H31NO2. The summed E-state index contributed by atoms with van der Waals surface area (Å²) in [6.07, 6.45) is 14.5. The number of rotatable bonds is 8. The second-order valence-corrected chi connectivity index (χ2v) is 6.17. The standard InChI is InChI=1S/C17H31NO2/c19-12-14-20-13-6-11-18-17-10-5-4-9-16(17)15-7-2-1-3-8-15/h7,16-19H,1-6,8-14H2. The number of allylic oxidation sites excluding steroid dienone is 1. The van der Waals surface area contributed by atoms with Gasteiger partial charge in [0.05, 0.1) is 13.2 Å². The summed E-state index contributed by atoms with van der Waals surface area (Å²) in [5.41, 5.74) is 1.74. The number of nitrogens with one attached hydrogen (secondary N) is 1. The van der Waals surface area contributed by atoms with Gasteiger partial charge in [0, 0.05) is 12.6 Å². The molecular weight excluding hydrogens is 250 g/mol. The van der Waals surface area contributed by atoms with Gasteiger partial charge in [0.15, 0.2) is 0 Å². The Hall–Kier alpha value is -0.380. The molecule has 2 atom stereocenters. The first-order valence-corrected chi connectivity index (χ1v) is 8.52.